The van der Waals surface area contributed by atoms with Gasteiger partial charge in [0.2, 0.25) is 0 Å². The number of pyridine rings is 1. The molecule has 0 saturated carbocycles. The zero-order valence-electron chi connectivity index (χ0n) is 8.23. The van der Waals surface area contributed by atoms with Gasteiger partial charge in [-0.3, -0.25) is 4.68 Å². The molecule has 2 N–H and O–H groups in total. The monoisotopic (exact) mass is 188 g/mol. The highest BCUT2D eigenvalue weighted by Crippen LogP contribution is 2.23. The SMILES string of the molecule is Cc1ccc(-c2cnn(C)c2)c(N)n1. The van der Waals surface area contributed by atoms with Gasteiger partial charge in [-0.15, -0.1) is 0 Å². The summed E-state index contributed by atoms with van der Waals surface area (Å²) in [5.74, 6) is 0.554. The predicted octanol–water partition coefficient (Wildman–Crippen LogP) is 1.37. The predicted molar refractivity (Wildman–Crippen MR) is 55.6 cm³/mol. The molecule has 0 saturated heterocycles. The van der Waals surface area contributed by atoms with Crippen LogP contribution in [-0.2, 0) is 7.05 Å². The van der Waals surface area contributed by atoms with Gasteiger partial charge in [0.25, 0.3) is 0 Å². The molecule has 2 heterocycles. The van der Waals surface area contributed by atoms with Crippen molar-refractivity contribution >= 4 is 5.82 Å². The number of aromatic nitrogens is 3. The van der Waals surface area contributed by atoms with E-state index in [4.69, 9.17) is 5.73 Å². The first kappa shape index (κ1) is 8.74. The molecule has 0 aliphatic heterocycles. The first-order valence-electron chi connectivity index (χ1n) is 4.39. The van der Waals surface area contributed by atoms with Gasteiger partial charge in [0.1, 0.15) is 5.82 Å². The standard InChI is InChI=1S/C10H12N4/c1-7-3-4-9(10(11)13-7)8-5-12-14(2)6-8/h3-6H,1-2H3,(H2,11,13). The largest absolute Gasteiger partial charge is 0.383 e. The smallest absolute Gasteiger partial charge is 0.131 e. The van der Waals surface area contributed by atoms with Gasteiger partial charge in [0, 0.05) is 30.1 Å². The third-order valence-electron chi connectivity index (χ3n) is 2.08. The second-order valence-electron chi connectivity index (χ2n) is 3.29. The van der Waals surface area contributed by atoms with Gasteiger partial charge >= 0.3 is 0 Å². The fourth-order valence-corrected chi connectivity index (χ4v) is 1.38. The number of nitrogen functional groups attached to an aromatic ring is 1. The normalized spacial score (nSPS) is 10.4. The molecule has 0 aromatic carbocycles. The van der Waals surface area contributed by atoms with Crippen molar-refractivity contribution in [3.8, 4) is 11.1 Å². The summed E-state index contributed by atoms with van der Waals surface area (Å²) in [6.07, 6.45) is 3.70. The summed E-state index contributed by atoms with van der Waals surface area (Å²) in [5.41, 5.74) is 8.67. The van der Waals surface area contributed by atoms with Crippen molar-refractivity contribution in [2.45, 2.75) is 6.92 Å². The van der Waals surface area contributed by atoms with Crippen molar-refractivity contribution in [1.29, 1.82) is 0 Å². The molecule has 0 aliphatic carbocycles. The number of hydrogen-bond acceptors (Lipinski definition) is 3. The van der Waals surface area contributed by atoms with Crippen molar-refractivity contribution in [2.75, 3.05) is 5.73 Å². The molecule has 4 heteroatoms. The van der Waals surface area contributed by atoms with Crippen molar-refractivity contribution in [2.24, 2.45) is 7.05 Å². The van der Waals surface area contributed by atoms with Crippen LogP contribution < -0.4 is 5.73 Å². The summed E-state index contributed by atoms with van der Waals surface area (Å²) in [4.78, 5) is 4.20. The van der Waals surface area contributed by atoms with Crippen LogP contribution in [0, 0.1) is 6.92 Å². The molecule has 0 amide bonds. The average Bonchev–Trinajstić information content (AvgIpc) is 2.51. The summed E-state index contributed by atoms with van der Waals surface area (Å²) >= 11 is 0. The zero-order chi connectivity index (χ0) is 10.1. The lowest BCUT2D eigenvalue weighted by molar-refractivity contribution is 0.768. The summed E-state index contributed by atoms with van der Waals surface area (Å²) < 4.78 is 1.74. The number of rotatable bonds is 1. The van der Waals surface area contributed by atoms with Crippen molar-refractivity contribution in [1.82, 2.24) is 14.8 Å². The molecule has 2 aromatic heterocycles. The van der Waals surface area contributed by atoms with Crippen LogP contribution in [0.4, 0.5) is 5.82 Å². The van der Waals surface area contributed by atoms with Crippen LogP contribution in [0.5, 0.6) is 0 Å². The lowest BCUT2D eigenvalue weighted by atomic mass is 10.1. The van der Waals surface area contributed by atoms with Crippen molar-refractivity contribution < 1.29 is 0 Å². The summed E-state index contributed by atoms with van der Waals surface area (Å²) in [6.45, 7) is 1.92. The van der Waals surface area contributed by atoms with Crippen LogP contribution in [0.1, 0.15) is 5.69 Å². The van der Waals surface area contributed by atoms with Gasteiger partial charge < -0.3 is 5.73 Å². The fraction of sp³-hybridized carbons (Fsp3) is 0.200. The molecule has 72 valence electrons. The Bertz CT molecular complexity index is 459. The number of nitrogens with zero attached hydrogens (tertiary/aromatic N) is 3. The average molecular weight is 188 g/mol. The molecular weight excluding hydrogens is 176 g/mol. The second-order valence-corrected chi connectivity index (χ2v) is 3.29. The minimum atomic E-state index is 0.554. The Kier molecular flexibility index (Phi) is 1.96. The summed E-state index contributed by atoms with van der Waals surface area (Å²) in [6, 6.07) is 3.91. The zero-order valence-corrected chi connectivity index (χ0v) is 8.23. The molecule has 0 unspecified atom stereocenters. The Hall–Kier alpha value is -1.84. The molecule has 0 bridgehead atoms. The maximum atomic E-state index is 5.81. The molecule has 4 nitrogen and oxygen atoms in total. The summed E-state index contributed by atoms with van der Waals surface area (Å²) in [5, 5.41) is 4.09. The van der Waals surface area contributed by atoms with Gasteiger partial charge in [-0.05, 0) is 19.1 Å². The molecule has 0 aliphatic rings. The van der Waals surface area contributed by atoms with Crippen LogP contribution in [0.2, 0.25) is 0 Å². The van der Waals surface area contributed by atoms with Crippen LogP contribution in [-0.4, -0.2) is 14.8 Å². The Balaban J connectivity index is 2.52. The van der Waals surface area contributed by atoms with E-state index in [0.29, 0.717) is 5.82 Å². The first-order valence-corrected chi connectivity index (χ1v) is 4.39. The van der Waals surface area contributed by atoms with E-state index >= 15 is 0 Å². The van der Waals surface area contributed by atoms with E-state index in [-0.39, 0.29) is 0 Å². The minimum Gasteiger partial charge on any atom is -0.383 e. The Morgan fingerprint density at radius 1 is 1.36 bits per heavy atom. The molecule has 2 aromatic rings. The van der Waals surface area contributed by atoms with Gasteiger partial charge in [0.05, 0.1) is 6.20 Å². The molecule has 0 radical (unpaired) electrons. The highest BCUT2D eigenvalue weighted by Gasteiger charge is 2.05. The lowest BCUT2D eigenvalue weighted by Gasteiger charge is -2.02. The molecule has 0 fully saturated rings. The lowest BCUT2D eigenvalue weighted by Crippen LogP contribution is -1.95. The molecule has 2 rings (SSSR count). The van der Waals surface area contributed by atoms with E-state index in [0.717, 1.165) is 16.8 Å². The first-order chi connectivity index (χ1) is 6.66. The highest BCUT2D eigenvalue weighted by atomic mass is 15.2. The van der Waals surface area contributed by atoms with Crippen LogP contribution in [0.25, 0.3) is 11.1 Å². The van der Waals surface area contributed by atoms with Crippen LogP contribution in [0.15, 0.2) is 24.5 Å². The van der Waals surface area contributed by atoms with Gasteiger partial charge in [-0.2, -0.15) is 5.10 Å². The van der Waals surface area contributed by atoms with E-state index in [1.807, 2.05) is 32.3 Å². The van der Waals surface area contributed by atoms with E-state index in [1.165, 1.54) is 0 Å². The fourth-order valence-electron chi connectivity index (χ4n) is 1.38. The second kappa shape index (κ2) is 3.14. The maximum absolute atomic E-state index is 5.81. The van der Waals surface area contributed by atoms with Gasteiger partial charge in [0.15, 0.2) is 0 Å². The Morgan fingerprint density at radius 3 is 2.71 bits per heavy atom. The van der Waals surface area contributed by atoms with Crippen molar-refractivity contribution in [3.05, 3.63) is 30.2 Å². The quantitative estimate of drug-likeness (QED) is 0.735. The minimum absolute atomic E-state index is 0.554. The third-order valence-corrected chi connectivity index (χ3v) is 2.08. The summed E-state index contributed by atoms with van der Waals surface area (Å²) in [7, 11) is 1.88. The number of nitrogens with two attached hydrogens (primary N) is 1. The van der Waals surface area contributed by atoms with E-state index in [2.05, 4.69) is 10.1 Å². The van der Waals surface area contributed by atoms with Gasteiger partial charge in [-0.1, -0.05) is 0 Å². The Morgan fingerprint density at radius 2 is 2.14 bits per heavy atom. The highest BCUT2D eigenvalue weighted by molar-refractivity contribution is 5.72. The number of anilines is 1. The van der Waals surface area contributed by atoms with Crippen LogP contribution in [0.3, 0.4) is 0 Å². The van der Waals surface area contributed by atoms with E-state index < -0.39 is 0 Å². The van der Waals surface area contributed by atoms with Crippen LogP contribution >= 0.6 is 0 Å². The molecule has 0 spiro atoms. The molecule has 0 atom stereocenters. The van der Waals surface area contributed by atoms with Gasteiger partial charge in [-0.25, -0.2) is 4.98 Å². The van der Waals surface area contributed by atoms with E-state index in [9.17, 15) is 0 Å². The maximum Gasteiger partial charge on any atom is 0.131 e. The topological polar surface area (TPSA) is 56.7 Å². The third kappa shape index (κ3) is 1.46. The van der Waals surface area contributed by atoms with E-state index in [1.54, 1.807) is 10.9 Å². The molecule has 14 heavy (non-hydrogen) atoms. The molecular formula is C10H12N4. The number of aryl methyl sites for hydroxylation is 2. The number of hydrogen-bond donors (Lipinski definition) is 1. The van der Waals surface area contributed by atoms with Crippen molar-refractivity contribution in [3.63, 3.8) is 0 Å². The Labute approximate surface area is 82.4 Å².